The van der Waals surface area contributed by atoms with Crippen LogP contribution in [0.15, 0.2) is 5.11 Å². The van der Waals surface area contributed by atoms with Crippen molar-refractivity contribution < 1.29 is 31.4 Å². The van der Waals surface area contributed by atoms with Crippen LogP contribution in [0.5, 0.6) is 0 Å². The van der Waals surface area contributed by atoms with Crippen LogP contribution in [0.2, 0.25) is 0 Å². The third-order valence-corrected chi connectivity index (χ3v) is 0.980. The van der Waals surface area contributed by atoms with Gasteiger partial charge < -0.3 is 5.11 Å². The second kappa shape index (κ2) is 2.96. The Morgan fingerprint density at radius 2 is 1.31 bits per heavy atom. The number of halogens is 6. The molecule has 0 spiro atoms. The van der Waals surface area contributed by atoms with E-state index in [1.165, 1.54) is 10.0 Å². The molecular formula is C3HF6N3O. The van der Waals surface area contributed by atoms with Gasteiger partial charge in [-0.05, 0) is 10.6 Å². The standard InChI is InChI=1S/C3HF6N3O/c4-2(5,6)1(13,11-12-10)3(7,8)9/h13H. The third kappa shape index (κ3) is 1.95. The van der Waals surface area contributed by atoms with E-state index in [0.717, 1.165) is 0 Å². The molecule has 0 amide bonds. The summed E-state index contributed by atoms with van der Waals surface area (Å²) >= 11 is 0. The molecule has 0 radical (unpaired) electrons. The fourth-order valence-electron chi connectivity index (χ4n) is 0.339. The van der Waals surface area contributed by atoms with Gasteiger partial charge >= 0.3 is 18.1 Å². The van der Waals surface area contributed by atoms with Crippen LogP contribution >= 0.6 is 0 Å². The second-order valence-electron chi connectivity index (χ2n) is 1.86. The Morgan fingerprint density at radius 1 is 1.00 bits per heavy atom. The lowest BCUT2D eigenvalue weighted by molar-refractivity contribution is -0.365. The topological polar surface area (TPSA) is 69.0 Å². The number of rotatable bonds is 1. The predicted molar refractivity (Wildman–Crippen MR) is 26.2 cm³/mol. The maximum Gasteiger partial charge on any atom is 0.432 e. The highest BCUT2D eigenvalue weighted by Gasteiger charge is 2.70. The van der Waals surface area contributed by atoms with Gasteiger partial charge in [-0.15, -0.1) is 0 Å². The summed E-state index contributed by atoms with van der Waals surface area (Å²) in [5.41, 5.74) is 2.06. The number of hydrogen-bond donors (Lipinski definition) is 1. The summed E-state index contributed by atoms with van der Waals surface area (Å²) in [6.07, 6.45) is -12.2. The molecule has 10 heteroatoms. The number of hydrogen-bond acceptors (Lipinski definition) is 2. The summed E-state index contributed by atoms with van der Waals surface area (Å²) in [7, 11) is 0. The Labute approximate surface area is 66.4 Å². The van der Waals surface area contributed by atoms with Gasteiger partial charge in [0.2, 0.25) is 0 Å². The first-order valence-corrected chi connectivity index (χ1v) is 2.48. The van der Waals surface area contributed by atoms with Crippen molar-refractivity contribution in [1.82, 2.24) is 0 Å². The number of nitrogens with zero attached hydrogens (tertiary/aromatic N) is 3. The Kier molecular flexibility index (Phi) is 2.70. The van der Waals surface area contributed by atoms with Gasteiger partial charge in [0.05, 0.1) is 0 Å². The molecule has 0 aliphatic heterocycles. The van der Waals surface area contributed by atoms with E-state index in [2.05, 4.69) is 0 Å². The van der Waals surface area contributed by atoms with Crippen LogP contribution in [0, 0.1) is 0 Å². The molecule has 0 aromatic carbocycles. The van der Waals surface area contributed by atoms with Crippen molar-refractivity contribution in [2.45, 2.75) is 18.1 Å². The fraction of sp³-hybridized carbons (Fsp3) is 1.00. The molecule has 13 heavy (non-hydrogen) atoms. The predicted octanol–water partition coefficient (Wildman–Crippen LogP) is 2.11. The zero-order valence-electron chi connectivity index (χ0n) is 5.56. The average molecular weight is 209 g/mol. The van der Waals surface area contributed by atoms with Gasteiger partial charge in [-0.3, -0.25) is 0 Å². The SMILES string of the molecule is [N-]=[N+]=NC(O)(C(F)(F)F)C(F)(F)F. The van der Waals surface area contributed by atoms with Crippen LogP contribution in [0.4, 0.5) is 26.3 Å². The summed E-state index contributed by atoms with van der Waals surface area (Å²) in [6.45, 7) is 0. The van der Waals surface area contributed by atoms with Crippen molar-refractivity contribution in [2.24, 2.45) is 5.11 Å². The molecule has 0 atom stereocenters. The van der Waals surface area contributed by atoms with Gasteiger partial charge in [0.25, 0.3) is 0 Å². The van der Waals surface area contributed by atoms with Gasteiger partial charge in [0.15, 0.2) is 0 Å². The smallest absolute Gasteiger partial charge is 0.369 e. The minimum absolute atomic E-state index is 1.28. The van der Waals surface area contributed by atoms with E-state index in [-0.39, 0.29) is 0 Å². The zero-order valence-corrected chi connectivity index (χ0v) is 5.56. The largest absolute Gasteiger partial charge is 0.432 e. The first kappa shape index (κ1) is 11.8. The maximum absolute atomic E-state index is 11.6. The summed E-state index contributed by atoms with van der Waals surface area (Å²) in [6, 6.07) is 0. The van der Waals surface area contributed by atoms with Gasteiger partial charge in [0.1, 0.15) is 0 Å². The Morgan fingerprint density at radius 3 is 1.38 bits per heavy atom. The highest BCUT2D eigenvalue weighted by atomic mass is 19.4. The second-order valence-corrected chi connectivity index (χ2v) is 1.86. The number of alkyl halides is 6. The molecular weight excluding hydrogens is 208 g/mol. The highest BCUT2D eigenvalue weighted by molar-refractivity contribution is 4.91. The number of azide groups is 1. The van der Waals surface area contributed by atoms with E-state index in [4.69, 9.17) is 10.6 Å². The normalized spacial score (nSPS) is 13.8. The van der Waals surface area contributed by atoms with E-state index < -0.39 is 18.1 Å². The quantitative estimate of drug-likeness (QED) is 0.305. The fourth-order valence-corrected chi connectivity index (χ4v) is 0.339. The molecule has 0 aliphatic carbocycles. The van der Waals surface area contributed by atoms with Crippen LogP contribution in [0.3, 0.4) is 0 Å². The van der Waals surface area contributed by atoms with Crippen molar-refractivity contribution in [3.8, 4) is 0 Å². The molecule has 0 unspecified atom stereocenters. The first-order valence-electron chi connectivity index (χ1n) is 2.48. The molecule has 0 saturated heterocycles. The van der Waals surface area contributed by atoms with E-state index >= 15 is 0 Å². The Hall–Kier alpha value is -1.15. The molecule has 1 N–H and O–H groups in total. The van der Waals surface area contributed by atoms with E-state index in [1.807, 2.05) is 0 Å². The summed E-state index contributed by atoms with van der Waals surface area (Å²) in [4.78, 5) is 1.28. The molecule has 0 saturated carbocycles. The van der Waals surface area contributed by atoms with Crippen molar-refractivity contribution in [3.63, 3.8) is 0 Å². The summed E-state index contributed by atoms with van der Waals surface area (Å²) in [5, 5.41) is 9.30. The lowest BCUT2D eigenvalue weighted by Gasteiger charge is -2.27. The minimum atomic E-state index is -6.10. The van der Waals surface area contributed by atoms with Gasteiger partial charge in [-0.25, -0.2) is 0 Å². The van der Waals surface area contributed by atoms with Gasteiger partial charge in [-0.1, -0.05) is 0 Å². The molecule has 0 rings (SSSR count). The zero-order chi connectivity index (χ0) is 10.9. The molecule has 76 valence electrons. The lowest BCUT2D eigenvalue weighted by Crippen LogP contribution is -2.54. The van der Waals surface area contributed by atoms with E-state index in [1.54, 1.807) is 0 Å². The Bertz CT molecular complexity index is 222. The average Bonchev–Trinajstić information content (AvgIpc) is 1.82. The third-order valence-electron chi connectivity index (χ3n) is 0.980. The van der Waals surface area contributed by atoms with Crippen molar-refractivity contribution in [2.75, 3.05) is 0 Å². The molecule has 0 fully saturated rings. The van der Waals surface area contributed by atoms with Crippen molar-refractivity contribution >= 4 is 0 Å². The minimum Gasteiger partial charge on any atom is -0.369 e. The van der Waals surface area contributed by atoms with Crippen LogP contribution in [-0.4, -0.2) is 23.2 Å². The highest BCUT2D eigenvalue weighted by Crippen LogP contribution is 2.43. The molecule has 0 aliphatic rings. The molecule has 0 aromatic rings. The van der Waals surface area contributed by atoms with E-state index in [0.29, 0.717) is 0 Å². The van der Waals surface area contributed by atoms with Crippen LogP contribution < -0.4 is 0 Å². The summed E-state index contributed by atoms with van der Waals surface area (Å²) in [5.74, 6) is 0. The van der Waals surface area contributed by atoms with Crippen LogP contribution in [-0.2, 0) is 0 Å². The van der Waals surface area contributed by atoms with Crippen molar-refractivity contribution in [1.29, 1.82) is 0 Å². The van der Waals surface area contributed by atoms with Crippen molar-refractivity contribution in [3.05, 3.63) is 10.4 Å². The molecule has 0 heterocycles. The molecule has 4 nitrogen and oxygen atoms in total. The maximum atomic E-state index is 11.6. The first-order chi connectivity index (χ1) is 5.56. The Balaban J connectivity index is 5.33. The number of aliphatic hydroxyl groups is 1. The monoisotopic (exact) mass is 209 g/mol. The van der Waals surface area contributed by atoms with Gasteiger partial charge in [0, 0.05) is 4.91 Å². The van der Waals surface area contributed by atoms with Crippen LogP contribution in [0.1, 0.15) is 0 Å². The summed E-state index contributed by atoms with van der Waals surface area (Å²) < 4.78 is 69.3. The van der Waals surface area contributed by atoms with E-state index in [9.17, 15) is 26.3 Å². The van der Waals surface area contributed by atoms with Crippen LogP contribution in [0.25, 0.3) is 10.4 Å². The molecule has 0 bridgehead atoms. The molecule has 0 aromatic heterocycles. The lowest BCUT2D eigenvalue weighted by atomic mass is 10.2. The van der Waals surface area contributed by atoms with Gasteiger partial charge in [-0.2, -0.15) is 26.3 Å².